The van der Waals surface area contributed by atoms with Crippen LogP contribution in [0, 0.1) is 11.8 Å². The molecule has 5 rings (SSSR count). The second-order valence-corrected chi connectivity index (χ2v) is 8.92. The second-order valence-electron chi connectivity index (χ2n) is 8.48. The number of carbonyl (C=O) groups is 1. The standard InChI is InChI=1S/C24H25ClN4O/c1-16-2-4-18-10-17(11-26-24(18)27-16)3-9-23(30)29-14-19-12-28(13-20(19)15-29)22-7-5-21(25)6-8-22/h3,5-11,19-20H,1-2,4,12-15H2,(H,26,27)/b9-3+/t19-,20+. The molecule has 0 unspecified atom stereocenters. The molecule has 4 heterocycles. The third-order valence-corrected chi connectivity index (χ3v) is 6.64. The van der Waals surface area contributed by atoms with Crippen LogP contribution in [0.5, 0.6) is 0 Å². The molecule has 30 heavy (non-hydrogen) atoms. The zero-order valence-corrected chi connectivity index (χ0v) is 17.6. The Morgan fingerprint density at radius 1 is 1.13 bits per heavy atom. The second kappa shape index (κ2) is 7.80. The molecule has 1 N–H and O–H groups in total. The average Bonchev–Trinajstić information content (AvgIpc) is 3.32. The fourth-order valence-corrected chi connectivity index (χ4v) is 4.87. The number of hydrogen-bond donors (Lipinski definition) is 1. The molecule has 0 aliphatic carbocycles. The molecule has 2 saturated heterocycles. The third kappa shape index (κ3) is 3.82. The zero-order chi connectivity index (χ0) is 20.7. The summed E-state index contributed by atoms with van der Waals surface area (Å²) in [7, 11) is 0. The first-order valence-corrected chi connectivity index (χ1v) is 10.8. The summed E-state index contributed by atoms with van der Waals surface area (Å²) in [4.78, 5) is 21.6. The van der Waals surface area contributed by atoms with Gasteiger partial charge in [0.2, 0.25) is 5.91 Å². The molecule has 6 heteroatoms. The number of rotatable bonds is 3. The number of aryl methyl sites for hydroxylation is 1. The summed E-state index contributed by atoms with van der Waals surface area (Å²) in [5.74, 6) is 2.03. The minimum atomic E-state index is 0.0895. The highest BCUT2D eigenvalue weighted by Gasteiger charge is 2.41. The van der Waals surface area contributed by atoms with Crippen molar-refractivity contribution in [3.63, 3.8) is 0 Å². The van der Waals surface area contributed by atoms with Crippen LogP contribution in [0.15, 0.2) is 54.9 Å². The Morgan fingerprint density at radius 3 is 2.60 bits per heavy atom. The lowest BCUT2D eigenvalue weighted by Crippen LogP contribution is -2.32. The van der Waals surface area contributed by atoms with Gasteiger partial charge < -0.3 is 15.1 Å². The van der Waals surface area contributed by atoms with Crippen LogP contribution < -0.4 is 10.2 Å². The Hall–Kier alpha value is -2.79. The molecule has 1 amide bonds. The fourth-order valence-electron chi connectivity index (χ4n) is 4.75. The Labute approximate surface area is 182 Å². The minimum Gasteiger partial charge on any atom is -0.371 e. The number of allylic oxidation sites excluding steroid dienone is 1. The van der Waals surface area contributed by atoms with Crippen molar-refractivity contribution >= 4 is 35.1 Å². The lowest BCUT2D eigenvalue weighted by atomic mass is 10.0. The number of pyridine rings is 1. The molecular weight excluding hydrogens is 396 g/mol. The number of nitrogens with zero attached hydrogens (tertiary/aromatic N) is 3. The molecule has 3 aliphatic heterocycles. The molecule has 0 saturated carbocycles. The van der Waals surface area contributed by atoms with E-state index in [0.717, 1.165) is 61.1 Å². The first-order valence-electron chi connectivity index (χ1n) is 10.5. The van der Waals surface area contributed by atoms with Gasteiger partial charge in [0.25, 0.3) is 0 Å². The van der Waals surface area contributed by atoms with Crippen LogP contribution in [-0.2, 0) is 11.2 Å². The van der Waals surface area contributed by atoms with Crippen LogP contribution in [-0.4, -0.2) is 42.0 Å². The molecule has 5 nitrogen and oxygen atoms in total. The van der Waals surface area contributed by atoms with Crippen LogP contribution in [0.3, 0.4) is 0 Å². The number of benzene rings is 1. The SMILES string of the molecule is C=C1CCc2cc(/C=C/C(=O)N3C[C@@H]4CN(c5ccc(Cl)cc5)C[C@@H]4C3)cnc2N1. The summed E-state index contributed by atoms with van der Waals surface area (Å²) in [6.45, 7) is 7.60. The maximum Gasteiger partial charge on any atom is 0.246 e. The predicted octanol–water partition coefficient (Wildman–Crippen LogP) is 4.21. The summed E-state index contributed by atoms with van der Waals surface area (Å²) in [5, 5.41) is 3.98. The van der Waals surface area contributed by atoms with Gasteiger partial charge in [-0.15, -0.1) is 0 Å². The smallest absolute Gasteiger partial charge is 0.246 e. The van der Waals surface area contributed by atoms with Gasteiger partial charge in [-0.25, -0.2) is 4.98 Å². The molecule has 0 spiro atoms. The molecule has 2 fully saturated rings. The van der Waals surface area contributed by atoms with E-state index in [9.17, 15) is 4.79 Å². The van der Waals surface area contributed by atoms with E-state index >= 15 is 0 Å². The van der Waals surface area contributed by atoms with Crippen molar-refractivity contribution < 1.29 is 4.79 Å². The highest BCUT2D eigenvalue weighted by molar-refractivity contribution is 6.30. The number of amides is 1. The molecule has 154 valence electrons. The molecule has 3 aliphatic rings. The largest absolute Gasteiger partial charge is 0.371 e. The number of aromatic nitrogens is 1. The predicted molar refractivity (Wildman–Crippen MR) is 122 cm³/mol. The highest BCUT2D eigenvalue weighted by Crippen LogP contribution is 2.34. The Bertz CT molecular complexity index is 1000. The summed E-state index contributed by atoms with van der Waals surface area (Å²) in [6, 6.07) is 10.1. The summed E-state index contributed by atoms with van der Waals surface area (Å²) >= 11 is 6.00. The highest BCUT2D eigenvalue weighted by atomic mass is 35.5. The van der Waals surface area contributed by atoms with Crippen molar-refractivity contribution in [1.82, 2.24) is 9.88 Å². The number of hydrogen-bond acceptors (Lipinski definition) is 4. The van der Waals surface area contributed by atoms with Crippen LogP contribution in [0.25, 0.3) is 6.08 Å². The Kier molecular flexibility index (Phi) is 4.99. The van der Waals surface area contributed by atoms with Gasteiger partial charge in [0.15, 0.2) is 0 Å². The van der Waals surface area contributed by atoms with E-state index in [2.05, 4.69) is 40.0 Å². The van der Waals surface area contributed by atoms with Gasteiger partial charge in [0.1, 0.15) is 5.82 Å². The lowest BCUT2D eigenvalue weighted by Gasteiger charge is -2.22. The van der Waals surface area contributed by atoms with Crippen LogP contribution >= 0.6 is 11.6 Å². The molecule has 0 radical (unpaired) electrons. The van der Waals surface area contributed by atoms with Crippen LogP contribution in [0.1, 0.15) is 17.5 Å². The van der Waals surface area contributed by atoms with Crippen LogP contribution in [0.4, 0.5) is 11.5 Å². The number of halogens is 1. The Morgan fingerprint density at radius 2 is 1.87 bits per heavy atom. The first kappa shape index (κ1) is 19.2. The van der Waals surface area contributed by atoms with E-state index in [0.29, 0.717) is 11.8 Å². The maximum absolute atomic E-state index is 12.7. The molecule has 2 aromatic rings. The summed E-state index contributed by atoms with van der Waals surface area (Å²) in [6.07, 6.45) is 7.23. The van der Waals surface area contributed by atoms with Gasteiger partial charge in [-0.1, -0.05) is 18.2 Å². The fraction of sp³-hybridized carbons (Fsp3) is 0.333. The number of carbonyl (C=O) groups excluding carboxylic acids is 1. The van der Waals surface area contributed by atoms with Crippen molar-refractivity contribution in [2.24, 2.45) is 11.8 Å². The third-order valence-electron chi connectivity index (χ3n) is 6.39. The molecule has 1 aromatic carbocycles. The monoisotopic (exact) mass is 420 g/mol. The van der Waals surface area contributed by atoms with Gasteiger partial charge in [0, 0.05) is 66.7 Å². The van der Waals surface area contributed by atoms with Crippen molar-refractivity contribution in [1.29, 1.82) is 0 Å². The minimum absolute atomic E-state index is 0.0895. The number of anilines is 2. The number of likely N-dealkylation sites (tertiary alicyclic amines) is 1. The van der Waals surface area contributed by atoms with Gasteiger partial charge in [-0.05, 0) is 60.4 Å². The maximum atomic E-state index is 12.7. The number of nitrogens with one attached hydrogen (secondary N) is 1. The van der Waals surface area contributed by atoms with Crippen molar-refractivity contribution in [2.75, 3.05) is 36.4 Å². The molecule has 1 aromatic heterocycles. The normalized spacial score (nSPS) is 22.9. The average molecular weight is 421 g/mol. The molecular formula is C24H25ClN4O. The molecule has 2 atom stereocenters. The van der Waals surface area contributed by atoms with Crippen LogP contribution in [0.2, 0.25) is 5.02 Å². The van der Waals surface area contributed by atoms with Gasteiger partial charge in [0.05, 0.1) is 0 Å². The first-order chi connectivity index (χ1) is 14.5. The summed E-state index contributed by atoms with van der Waals surface area (Å²) < 4.78 is 0. The Balaban J connectivity index is 1.19. The van der Waals surface area contributed by atoms with E-state index < -0.39 is 0 Å². The van der Waals surface area contributed by atoms with E-state index in [1.807, 2.05) is 23.1 Å². The number of fused-ring (bicyclic) bond motifs is 2. The van der Waals surface area contributed by atoms with E-state index in [-0.39, 0.29) is 5.91 Å². The van der Waals surface area contributed by atoms with Crippen molar-refractivity contribution in [3.05, 3.63) is 71.0 Å². The lowest BCUT2D eigenvalue weighted by molar-refractivity contribution is -0.125. The topological polar surface area (TPSA) is 48.5 Å². The molecule has 0 bridgehead atoms. The van der Waals surface area contributed by atoms with Crippen molar-refractivity contribution in [2.45, 2.75) is 12.8 Å². The van der Waals surface area contributed by atoms with E-state index in [1.165, 1.54) is 11.3 Å². The van der Waals surface area contributed by atoms with E-state index in [1.54, 1.807) is 12.3 Å². The van der Waals surface area contributed by atoms with Crippen molar-refractivity contribution in [3.8, 4) is 0 Å². The van der Waals surface area contributed by atoms with E-state index in [4.69, 9.17) is 11.6 Å². The quantitative estimate of drug-likeness (QED) is 0.755. The van der Waals surface area contributed by atoms with Gasteiger partial charge >= 0.3 is 0 Å². The van der Waals surface area contributed by atoms with Gasteiger partial charge in [-0.2, -0.15) is 0 Å². The van der Waals surface area contributed by atoms with Gasteiger partial charge in [-0.3, -0.25) is 4.79 Å². The summed E-state index contributed by atoms with van der Waals surface area (Å²) in [5.41, 5.74) is 4.35. The zero-order valence-electron chi connectivity index (χ0n) is 16.9.